The van der Waals surface area contributed by atoms with Gasteiger partial charge in [0, 0.05) is 59.5 Å². The fourth-order valence-corrected chi connectivity index (χ4v) is 5.48. The minimum absolute atomic E-state index is 0.00815. The lowest BCUT2D eigenvalue weighted by Crippen LogP contribution is -2.34. The summed E-state index contributed by atoms with van der Waals surface area (Å²) in [4.78, 5) is 12.3. The summed E-state index contributed by atoms with van der Waals surface area (Å²) >= 11 is 1.62. The monoisotopic (exact) mass is 440 g/mol. The summed E-state index contributed by atoms with van der Waals surface area (Å²) in [7, 11) is 0. The van der Waals surface area contributed by atoms with Crippen molar-refractivity contribution >= 4 is 17.2 Å². The number of benzene rings is 1. The average Bonchev–Trinajstić information content (AvgIpc) is 3.34. The first-order chi connectivity index (χ1) is 15.1. The number of hydrogen-bond acceptors (Lipinski definition) is 6. The van der Waals surface area contributed by atoms with E-state index in [1.165, 1.54) is 18.2 Å². The zero-order valence-corrected chi connectivity index (χ0v) is 17.8. The van der Waals surface area contributed by atoms with Crippen LogP contribution in [0.15, 0.2) is 54.0 Å². The summed E-state index contributed by atoms with van der Waals surface area (Å²) < 4.78 is 28.9. The molecule has 2 aliphatic rings. The molecule has 0 amide bonds. The number of halogens is 2. The highest BCUT2D eigenvalue weighted by Gasteiger charge is 2.40. The van der Waals surface area contributed by atoms with Crippen molar-refractivity contribution in [3.05, 3.63) is 76.1 Å². The van der Waals surface area contributed by atoms with Crippen molar-refractivity contribution in [2.45, 2.75) is 19.4 Å². The lowest BCUT2D eigenvalue weighted by Gasteiger charge is -2.30. The molecule has 0 fully saturated rings. The zero-order valence-electron chi connectivity index (χ0n) is 17.0. The van der Waals surface area contributed by atoms with Crippen molar-refractivity contribution in [3.8, 4) is 10.6 Å². The molecule has 8 heteroatoms. The number of thiazole rings is 1. The van der Waals surface area contributed by atoms with Gasteiger partial charge >= 0.3 is 0 Å². The number of rotatable bonds is 4. The van der Waals surface area contributed by atoms with Crippen LogP contribution in [0.25, 0.3) is 10.6 Å². The van der Waals surface area contributed by atoms with Gasteiger partial charge in [0.05, 0.1) is 12.6 Å². The van der Waals surface area contributed by atoms with Gasteiger partial charge in [-0.1, -0.05) is 6.07 Å². The van der Waals surface area contributed by atoms with Crippen LogP contribution in [0.2, 0.25) is 0 Å². The van der Waals surface area contributed by atoms with Crippen LogP contribution in [0.4, 0.5) is 14.6 Å². The topological polar surface area (TPSA) is 61.3 Å². The van der Waals surface area contributed by atoms with Crippen LogP contribution in [0.1, 0.15) is 22.9 Å². The molecule has 2 aliphatic heterocycles. The first-order valence-corrected chi connectivity index (χ1v) is 11.0. The fraction of sp³-hybridized carbons (Fsp3) is 0.304. The van der Waals surface area contributed by atoms with Crippen molar-refractivity contribution in [3.63, 3.8) is 0 Å². The first-order valence-electron chi connectivity index (χ1n) is 10.2. The molecule has 2 unspecified atom stereocenters. The Labute approximate surface area is 183 Å². The largest absolute Gasteiger partial charge is 0.396 e. The molecular weight excluding hydrogens is 418 g/mol. The molecule has 3 aromatic rings. The van der Waals surface area contributed by atoms with Crippen LogP contribution in [-0.2, 0) is 0 Å². The average molecular weight is 441 g/mol. The number of nitrogens with zero attached hydrogens (tertiary/aromatic N) is 3. The van der Waals surface area contributed by atoms with E-state index in [2.05, 4.69) is 15.2 Å². The maximum atomic E-state index is 14.4. The maximum Gasteiger partial charge on any atom is 0.143 e. The van der Waals surface area contributed by atoms with Gasteiger partial charge in [0.15, 0.2) is 0 Å². The van der Waals surface area contributed by atoms with Gasteiger partial charge in [0.25, 0.3) is 0 Å². The third kappa shape index (κ3) is 3.49. The summed E-state index contributed by atoms with van der Waals surface area (Å²) in [6, 6.07) is 7.15. The van der Waals surface area contributed by atoms with Gasteiger partial charge in [0.1, 0.15) is 22.5 Å². The lowest BCUT2D eigenvalue weighted by molar-refractivity contribution is 0.224. The number of anilines is 1. The number of aliphatic hydroxyl groups is 1. The zero-order chi connectivity index (χ0) is 21.5. The van der Waals surface area contributed by atoms with Gasteiger partial charge in [-0.15, -0.1) is 11.3 Å². The molecule has 4 heterocycles. The quantitative estimate of drug-likeness (QED) is 0.637. The highest BCUT2D eigenvalue weighted by molar-refractivity contribution is 7.15. The Hall–Kier alpha value is -2.84. The lowest BCUT2D eigenvalue weighted by atomic mass is 9.88. The highest BCUT2D eigenvalue weighted by atomic mass is 32.1. The van der Waals surface area contributed by atoms with Crippen LogP contribution in [0.5, 0.6) is 0 Å². The standard InChI is InChI=1S/C23H22F2N4OS/c1-13-22(28-23(31-13)14-4-3-8-26-10-14)29-9-7-19-15(11-29)16(12-30)21(27-19)20-17(24)5-2-6-18(20)25/h2-6,8,10,16,21,27,30H,7,9,11-12H2,1H3. The molecule has 0 spiro atoms. The molecule has 2 aromatic heterocycles. The number of aliphatic hydroxyl groups excluding tert-OH is 1. The van der Waals surface area contributed by atoms with E-state index in [1.54, 1.807) is 23.7 Å². The number of nitrogens with one attached hydrogen (secondary N) is 1. The smallest absolute Gasteiger partial charge is 0.143 e. The van der Waals surface area contributed by atoms with Gasteiger partial charge in [-0.05, 0) is 36.8 Å². The van der Waals surface area contributed by atoms with Gasteiger partial charge < -0.3 is 15.3 Å². The SMILES string of the molecule is Cc1sc(-c2cccnc2)nc1N1CCC2=C(C1)C(CO)C(c1c(F)cccc1F)N2. The first kappa shape index (κ1) is 20.1. The number of pyridine rings is 1. The Morgan fingerprint density at radius 3 is 2.74 bits per heavy atom. The third-order valence-electron chi connectivity index (χ3n) is 6.05. The summed E-state index contributed by atoms with van der Waals surface area (Å²) in [5.41, 5.74) is 2.94. The molecule has 0 bridgehead atoms. The molecule has 0 radical (unpaired) electrons. The van der Waals surface area contributed by atoms with Gasteiger partial charge in [-0.25, -0.2) is 13.8 Å². The van der Waals surface area contributed by atoms with Crippen LogP contribution in [0.3, 0.4) is 0 Å². The van der Waals surface area contributed by atoms with Crippen molar-refractivity contribution in [1.82, 2.24) is 15.3 Å². The maximum absolute atomic E-state index is 14.4. The van der Waals surface area contributed by atoms with Crippen molar-refractivity contribution < 1.29 is 13.9 Å². The molecule has 2 atom stereocenters. The summed E-state index contributed by atoms with van der Waals surface area (Å²) in [5, 5.41) is 14.3. The van der Waals surface area contributed by atoms with Crippen LogP contribution in [-0.4, -0.2) is 34.8 Å². The van der Waals surface area contributed by atoms with E-state index in [4.69, 9.17) is 4.98 Å². The normalized spacial score (nSPS) is 20.7. The molecule has 1 aromatic carbocycles. The van der Waals surface area contributed by atoms with E-state index in [1.807, 2.05) is 19.1 Å². The van der Waals surface area contributed by atoms with E-state index in [-0.39, 0.29) is 18.1 Å². The Kier molecular flexibility index (Phi) is 5.19. The third-order valence-corrected chi connectivity index (χ3v) is 7.06. The molecule has 31 heavy (non-hydrogen) atoms. The second-order valence-corrected chi connectivity index (χ2v) is 9.07. The molecule has 0 aliphatic carbocycles. The fourth-order valence-electron chi connectivity index (χ4n) is 4.55. The van der Waals surface area contributed by atoms with Crippen molar-refractivity contribution in [2.75, 3.05) is 24.6 Å². The van der Waals surface area contributed by atoms with Crippen LogP contribution in [0, 0.1) is 24.5 Å². The van der Waals surface area contributed by atoms with E-state index in [0.717, 1.165) is 39.1 Å². The summed E-state index contributed by atoms with van der Waals surface area (Å²) in [5.74, 6) is -0.665. The Balaban J connectivity index is 1.43. The second kappa shape index (κ2) is 8.01. The minimum Gasteiger partial charge on any atom is -0.396 e. The molecule has 160 valence electrons. The predicted molar refractivity (Wildman–Crippen MR) is 117 cm³/mol. The van der Waals surface area contributed by atoms with E-state index in [0.29, 0.717) is 13.0 Å². The predicted octanol–water partition coefficient (Wildman–Crippen LogP) is 4.21. The van der Waals surface area contributed by atoms with Crippen LogP contribution >= 0.6 is 11.3 Å². The summed E-state index contributed by atoms with van der Waals surface area (Å²) in [6.07, 6.45) is 4.24. The van der Waals surface area contributed by atoms with Crippen LogP contribution < -0.4 is 10.2 Å². The Morgan fingerprint density at radius 2 is 2.03 bits per heavy atom. The van der Waals surface area contributed by atoms with E-state index in [9.17, 15) is 13.9 Å². The number of hydrogen-bond donors (Lipinski definition) is 2. The molecular formula is C23H22F2N4OS. The Morgan fingerprint density at radius 1 is 1.23 bits per heavy atom. The van der Waals surface area contributed by atoms with E-state index < -0.39 is 17.7 Å². The number of aryl methyl sites for hydroxylation is 1. The Bertz CT molecular complexity index is 1130. The number of aromatic nitrogens is 2. The highest BCUT2D eigenvalue weighted by Crippen LogP contribution is 2.42. The van der Waals surface area contributed by atoms with Crippen molar-refractivity contribution in [2.24, 2.45) is 5.92 Å². The van der Waals surface area contributed by atoms with Crippen molar-refractivity contribution in [1.29, 1.82) is 0 Å². The van der Waals surface area contributed by atoms with Gasteiger partial charge in [-0.3, -0.25) is 4.98 Å². The molecule has 5 nitrogen and oxygen atoms in total. The molecule has 2 N–H and O–H groups in total. The molecule has 5 rings (SSSR count). The van der Waals surface area contributed by atoms with Gasteiger partial charge in [0.2, 0.25) is 0 Å². The van der Waals surface area contributed by atoms with E-state index >= 15 is 0 Å². The van der Waals surface area contributed by atoms with Gasteiger partial charge in [-0.2, -0.15) is 0 Å². The second-order valence-electron chi connectivity index (χ2n) is 7.86. The molecule has 0 saturated heterocycles. The summed E-state index contributed by atoms with van der Waals surface area (Å²) in [6.45, 7) is 3.17. The molecule has 0 saturated carbocycles. The minimum atomic E-state index is -0.612.